The number of ether oxygens (including phenoxy) is 4. The first-order chi connectivity index (χ1) is 20.3. The van der Waals surface area contributed by atoms with Crippen LogP contribution in [-0.2, 0) is 19.9 Å². The van der Waals surface area contributed by atoms with Crippen LogP contribution in [0.25, 0.3) is 0 Å². The number of carbonyl (C=O) groups is 1. The summed E-state index contributed by atoms with van der Waals surface area (Å²) in [6.07, 6.45) is -0.788. The van der Waals surface area contributed by atoms with Gasteiger partial charge in [-0.15, -0.1) is 0 Å². The molecule has 0 unspecified atom stereocenters. The second-order valence-electron chi connectivity index (χ2n) is 9.95. The Morgan fingerprint density at radius 2 is 1.52 bits per heavy atom. The van der Waals surface area contributed by atoms with Crippen LogP contribution in [0.5, 0.6) is 11.5 Å². The molecule has 1 saturated heterocycles. The van der Waals surface area contributed by atoms with E-state index in [2.05, 4.69) is 10.3 Å². The fourth-order valence-corrected chi connectivity index (χ4v) is 5.24. The van der Waals surface area contributed by atoms with Gasteiger partial charge in [0.1, 0.15) is 29.0 Å². The Balaban J connectivity index is 1.48. The van der Waals surface area contributed by atoms with Crippen molar-refractivity contribution in [1.82, 2.24) is 9.55 Å². The molecule has 10 nitrogen and oxygen atoms in total. The third-order valence-corrected chi connectivity index (χ3v) is 7.23. The molecule has 5 rings (SSSR count). The molecule has 1 aliphatic heterocycles. The summed E-state index contributed by atoms with van der Waals surface area (Å²) in [4.78, 5) is 27.9. The fraction of sp³-hybridized carbons (Fsp3) is 0.281. The molecule has 0 spiro atoms. The van der Waals surface area contributed by atoms with E-state index >= 15 is 0 Å². The van der Waals surface area contributed by atoms with Crippen molar-refractivity contribution < 1.29 is 28.8 Å². The topological polar surface area (TPSA) is 121 Å². The second kappa shape index (κ2) is 12.6. The van der Waals surface area contributed by atoms with Crippen LogP contribution in [0, 0.1) is 0 Å². The number of hydrogen-bond acceptors (Lipinski definition) is 8. The molecule has 1 amide bonds. The number of aliphatic hydroxyl groups is 1. The molecule has 10 heteroatoms. The quantitative estimate of drug-likeness (QED) is 0.275. The molecule has 3 aromatic carbocycles. The van der Waals surface area contributed by atoms with Crippen molar-refractivity contribution in [2.45, 2.75) is 37.4 Å². The van der Waals surface area contributed by atoms with Crippen molar-refractivity contribution in [3.63, 3.8) is 0 Å². The monoisotopic (exact) mass is 571 g/mol. The van der Waals surface area contributed by atoms with Gasteiger partial charge in [-0.2, -0.15) is 4.98 Å². The summed E-state index contributed by atoms with van der Waals surface area (Å²) in [6.45, 7) is 1.43. The molecule has 1 aromatic heterocycles. The van der Waals surface area contributed by atoms with Gasteiger partial charge in [-0.05, 0) is 47.0 Å². The van der Waals surface area contributed by atoms with E-state index in [1.54, 1.807) is 14.2 Å². The van der Waals surface area contributed by atoms with Crippen molar-refractivity contribution >= 4 is 11.7 Å². The van der Waals surface area contributed by atoms with Gasteiger partial charge in [0, 0.05) is 19.5 Å². The smallest absolute Gasteiger partial charge is 0.351 e. The molecule has 3 atom stereocenters. The molecule has 1 aliphatic rings. The number of hydrogen-bond donors (Lipinski definition) is 2. The van der Waals surface area contributed by atoms with E-state index < -0.39 is 29.7 Å². The van der Waals surface area contributed by atoms with Crippen LogP contribution >= 0.6 is 0 Å². The van der Waals surface area contributed by atoms with Gasteiger partial charge in [0.2, 0.25) is 5.91 Å². The largest absolute Gasteiger partial charge is 0.497 e. The van der Waals surface area contributed by atoms with E-state index in [9.17, 15) is 14.7 Å². The lowest BCUT2D eigenvalue weighted by molar-refractivity contribution is -0.114. The average Bonchev–Trinajstić information content (AvgIpc) is 3.38. The third-order valence-electron chi connectivity index (χ3n) is 7.23. The molecule has 1 fully saturated rings. The van der Waals surface area contributed by atoms with Crippen LogP contribution in [0.3, 0.4) is 0 Å². The minimum atomic E-state index is -1.05. The van der Waals surface area contributed by atoms with Crippen LogP contribution in [0.15, 0.2) is 95.9 Å². The predicted molar refractivity (Wildman–Crippen MR) is 156 cm³/mol. The van der Waals surface area contributed by atoms with Gasteiger partial charge in [-0.25, -0.2) is 4.79 Å². The highest BCUT2D eigenvalue weighted by molar-refractivity contribution is 5.87. The normalized spacial score (nSPS) is 18.4. The number of rotatable bonds is 10. The minimum absolute atomic E-state index is 0.104. The molecule has 0 bridgehead atoms. The Morgan fingerprint density at radius 1 is 0.952 bits per heavy atom. The van der Waals surface area contributed by atoms with Crippen LogP contribution in [0.2, 0.25) is 0 Å². The van der Waals surface area contributed by atoms with Crippen molar-refractivity contribution in [1.29, 1.82) is 0 Å². The highest BCUT2D eigenvalue weighted by Gasteiger charge is 2.41. The summed E-state index contributed by atoms with van der Waals surface area (Å²) < 4.78 is 25.1. The Hall–Kier alpha value is -4.51. The fourth-order valence-electron chi connectivity index (χ4n) is 5.24. The number of aliphatic hydroxyl groups excluding tert-OH is 1. The minimum Gasteiger partial charge on any atom is -0.497 e. The van der Waals surface area contributed by atoms with Crippen LogP contribution < -0.4 is 20.5 Å². The maximum absolute atomic E-state index is 12.7. The molecule has 4 aromatic rings. The Morgan fingerprint density at radius 3 is 2.05 bits per heavy atom. The Labute approximate surface area is 243 Å². The second-order valence-corrected chi connectivity index (χ2v) is 9.95. The number of amides is 1. The molecular formula is C32H33N3O7. The lowest BCUT2D eigenvalue weighted by atomic mass is 9.80. The first kappa shape index (κ1) is 29.0. The number of carbonyl (C=O) groups excluding carboxylic acids is 1. The van der Waals surface area contributed by atoms with E-state index in [4.69, 9.17) is 18.9 Å². The lowest BCUT2D eigenvalue weighted by Crippen LogP contribution is -2.36. The Bertz CT molecular complexity index is 1510. The van der Waals surface area contributed by atoms with Gasteiger partial charge < -0.3 is 29.4 Å². The van der Waals surface area contributed by atoms with Crippen molar-refractivity contribution in [3.05, 3.63) is 118 Å². The summed E-state index contributed by atoms with van der Waals surface area (Å²) >= 11 is 0. The maximum Gasteiger partial charge on any atom is 0.351 e. The summed E-state index contributed by atoms with van der Waals surface area (Å²) in [5.41, 5.74) is 0.920. The van der Waals surface area contributed by atoms with Crippen molar-refractivity contribution in [2.24, 2.45) is 0 Å². The number of anilines is 1. The average molecular weight is 572 g/mol. The molecule has 218 valence electrons. The number of methoxy groups -OCH3 is 2. The van der Waals surface area contributed by atoms with Gasteiger partial charge >= 0.3 is 5.69 Å². The van der Waals surface area contributed by atoms with Gasteiger partial charge in [0.25, 0.3) is 0 Å². The van der Waals surface area contributed by atoms with Crippen LogP contribution in [-0.4, -0.2) is 53.6 Å². The maximum atomic E-state index is 12.7. The van der Waals surface area contributed by atoms with Crippen LogP contribution in [0.4, 0.5) is 5.82 Å². The van der Waals surface area contributed by atoms with Gasteiger partial charge in [-0.1, -0.05) is 54.6 Å². The van der Waals surface area contributed by atoms with E-state index in [1.165, 1.54) is 23.8 Å². The van der Waals surface area contributed by atoms with Gasteiger partial charge in [0.15, 0.2) is 6.23 Å². The molecule has 2 N–H and O–H groups in total. The highest BCUT2D eigenvalue weighted by Crippen LogP contribution is 2.42. The number of aromatic nitrogens is 2. The zero-order valence-corrected chi connectivity index (χ0v) is 23.6. The van der Waals surface area contributed by atoms with E-state index in [1.807, 2.05) is 78.9 Å². The number of nitrogens with one attached hydrogen (secondary N) is 1. The molecule has 42 heavy (non-hydrogen) atoms. The molecule has 0 radical (unpaired) electrons. The van der Waals surface area contributed by atoms with Gasteiger partial charge in [0.05, 0.1) is 26.9 Å². The zero-order chi connectivity index (χ0) is 29.7. The van der Waals surface area contributed by atoms with E-state index in [0.717, 1.165) is 16.7 Å². The lowest BCUT2D eigenvalue weighted by Gasteiger charge is -2.37. The zero-order valence-electron chi connectivity index (χ0n) is 23.6. The summed E-state index contributed by atoms with van der Waals surface area (Å²) in [6, 6.07) is 26.7. The molecule has 2 heterocycles. The van der Waals surface area contributed by atoms with Crippen LogP contribution in [0.1, 0.15) is 36.3 Å². The van der Waals surface area contributed by atoms with E-state index in [-0.39, 0.29) is 24.8 Å². The highest BCUT2D eigenvalue weighted by atomic mass is 16.6. The van der Waals surface area contributed by atoms with Gasteiger partial charge in [-0.3, -0.25) is 9.36 Å². The standard InChI is InChI=1S/C32H33N3O7/c1-21(36)33-29-17-18-35(31(38)34-29)30-28(37)19-27(42-30)20-41-32(22-7-5-4-6-8-22,23-9-13-25(39-2)14-10-23)24-11-15-26(40-3)16-12-24/h4-18,27-28,30,37H,19-20H2,1-3H3,(H,33,34,36,38)/t27-,28+,30+/m0/s1. The SMILES string of the molecule is COc1ccc(C(OC[C@@H]2C[C@@H](O)[C@H](n3ccc(NC(C)=O)nc3=O)O2)(c2ccccc2)c2ccc(OC)cc2)cc1. The number of nitrogens with zero attached hydrogens (tertiary/aromatic N) is 2. The molecule has 0 saturated carbocycles. The van der Waals surface area contributed by atoms with Crippen molar-refractivity contribution in [3.8, 4) is 11.5 Å². The molecular weight excluding hydrogens is 538 g/mol. The summed E-state index contributed by atoms with van der Waals surface area (Å²) in [7, 11) is 3.24. The summed E-state index contributed by atoms with van der Waals surface area (Å²) in [5.74, 6) is 1.21. The Kier molecular flexibility index (Phi) is 8.67. The summed E-state index contributed by atoms with van der Waals surface area (Å²) in [5, 5.41) is 13.4. The molecule has 0 aliphatic carbocycles. The first-order valence-corrected chi connectivity index (χ1v) is 13.5. The van der Waals surface area contributed by atoms with E-state index in [0.29, 0.717) is 11.5 Å². The number of benzene rings is 3. The third kappa shape index (κ3) is 5.91. The first-order valence-electron chi connectivity index (χ1n) is 13.5. The predicted octanol–water partition coefficient (Wildman–Crippen LogP) is 3.88. The van der Waals surface area contributed by atoms with Crippen molar-refractivity contribution in [2.75, 3.05) is 26.1 Å².